The minimum Gasteiger partial charge on any atom is -0.507 e. The van der Waals surface area contributed by atoms with E-state index in [1.807, 2.05) is 18.2 Å². The van der Waals surface area contributed by atoms with Gasteiger partial charge in [0.1, 0.15) is 12.3 Å². The number of ether oxygens (including phenoxy) is 1. The third-order valence-corrected chi connectivity index (χ3v) is 6.34. The Hall–Kier alpha value is -1.84. The second kappa shape index (κ2) is 8.45. The van der Waals surface area contributed by atoms with Crippen LogP contribution in [-0.4, -0.2) is 23.9 Å². The minimum absolute atomic E-state index is 0.0408. The Bertz CT molecular complexity index is 742. The zero-order chi connectivity index (χ0) is 19.3. The average molecular weight is 369 g/mol. The maximum atomic E-state index is 9.98. The summed E-state index contributed by atoms with van der Waals surface area (Å²) in [5, 5.41) is 12.3. The van der Waals surface area contributed by atoms with E-state index < -0.39 is 0 Å². The smallest absolute Gasteiger partial charge is 0.124 e. The van der Waals surface area contributed by atoms with Crippen molar-refractivity contribution >= 4 is 0 Å². The molecule has 0 saturated carbocycles. The molecule has 1 heterocycles. The van der Waals surface area contributed by atoms with E-state index >= 15 is 0 Å². The molecule has 0 amide bonds. The molecule has 2 atom stereocenters. The number of aromatic hydroxyl groups is 1. The zero-order valence-corrected chi connectivity index (χ0v) is 17.0. The van der Waals surface area contributed by atoms with Gasteiger partial charge in [-0.25, -0.2) is 0 Å². The average Bonchev–Trinajstić information content (AvgIpc) is 2.67. The van der Waals surface area contributed by atoms with Gasteiger partial charge in [-0.2, -0.15) is 0 Å². The normalized spacial score (nSPS) is 25.4. The van der Waals surface area contributed by atoms with Crippen LogP contribution in [0.3, 0.4) is 0 Å². The molecule has 1 saturated heterocycles. The molecule has 27 heavy (non-hydrogen) atoms. The summed E-state index contributed by atoms with van der Waals surface area (Å²) in [4.78, 5) is 0. The van der Waals surface area contributed by atoms with Gasteiger partial charge in [0.2, 0.25) is 0 Å². The van der Waals surface area contributed by atoms with Crippen LogP contribution in [0, 0.1) is 6.92 Å². The summed E-state index contributed by atoms with van der Waals surface area (Å²) in [6.07, 6.45) is 4.32. The number of hydrogen-bond donors (Lipinski definition) is 2. The molecule has 1 fully saturated rings. The van der Waals surface area contributed by atoms with E-state index in [2.05, 4.69) is 50.4 Å². The van der Waals surface area contributed by atoms with Crippen molar-refractivity contribution in [2.45, 2.75) is 64.0 Å². The number of quaternary nitrogens is 1. The predicted molar refractivity (Wildman–Crippen MR) is 110 cm³/mol. The fraction of sp³-hybridized carbons (Fsp3) is 0.500. The van der Waals surface area contributed by atoms with Crippen LogP contribution in [-0.2, 0) is 16.7 Å². The second-order valence-electron chi connectivity index (χ2n) is 8.39. The van der Waals surface area contributed by atoms with Crippen LogP contribution in [0.5, 0.6) is 5.75 Å². The van der Waals surface area contributed by atoms with Crippen molar-refractivity contribution < 1.29 is 15.2 Å². The number of phenols is 1. The van der Waals surface area contributed by atoms with E-state index in [1.165, 1.54) is 11.1 Å². The van der Waals surface area contributed by atoms with Crippen LogP contribution < -0.4 is 5.32 Å². The highest BCUT2D eigenvalue weighted by molar-refractivity contribution is 5.31. The molecule has 2 aromatic carbocycles. The van der Waals surface area contributed by atoms with Crippen LogP contribution in [0.4, 0.5) is 0 Å². The quantitative estimate of drug-likeness (QED) is 0.724. The molecule has 0 aromatic heterocycles. The van der Waals surface area contributed by atoms with Crippen LogP contribution in [0.1, 0.15) is 56.2 Å². The molecule has 3 rings (SSSR count). The van der Waals surface area contributed by atoms with Gasteiger partial charge >= 0.3 is 0 Å². The lowest BCUT2D eigenvalue weighted by Gasteiger charge is -2.46. The molecule has 1 aliphatic rings. The first-order chi connectivity index (χ1) is 13.0. The number of aryl methyl sites for hydroxylation is 1. The third kappa shape index (κ3) is 4.72. The van der Waals surface area contributed by atoms with Crippen LogP contribution in [0.2, 0.25) is 0 Å². The second-order valence-corrected chi connectivity index (χ2v) is 8.39. The van der Waals surface area contributed by atoms with Crippen molar-refractivity contribution in [1.29, 1.82) is 0 Å². The van der Waals surface area contributed by atoms with Gasteiger partial charge in [0.25, 0.3) is 0 Å². The standard InChI is InChI=1S/C24H33NO2/c1-4-23(3)18-24(14-16-27-23,21-11-9-19(2)10-12-21)13-15-25-17-20-7-5-6-8-22(20)26/h5-12,25-26H,4,13-18H2,1-3H3/p+1. The molecule has 3 heteroatoms. The Balaban J connectivity index is 1.72. The Kier molecular flexibility index (Phi) is 6.23. The third-order valence-electron chi connectivity index (χ3n) is 6.34. The molecule has 3 N–H and O–H groups in total. The van der Waals surface area contributed by atoms with E-state index in [4.69, 9.17) is 4.74 Å². The number of rotatable bonds is 7. The number of nitrogens with two attached hydrogens (primary N) is 1. The number of benzene rings is 2. The topological polar surface area (TPSA) is 46.1 Å². The summed E-state index contributed by atoms with van der Waals surface area (Å²) in [6, 6.07) is 16.7. The molecule has 0 aliphatic carbocycles. The van der Waals surface area contributed by atoms with Gasteiger partial charge in [-0.1, -0.05) is 48.9 Å². The van der Waals surface area contributed by atoms with E-state index in [-0.39, 0.29) is 11.0 Å². The summed E-state index contributed by atoms with van der Waals surface area (Å²) in [5.41, 5.74) is 3.90. The SMILES string of the molecule is CCC1(C)CC(CC[NH2+]Cc2ccccc2O)(c2ccc(C)cc2)CCO1. The molecule has 0 spiro atoms. The molecule has 3 nitrogen and oxygen atoms in total. The van der Waals surface area contributed by atoms with Crippen molar-refractivity contribution in [3.8, 4) is 5.75 Å². The lowest BCUT2D eigenvalue weighted by molar-refractivity contribution is -0.672. The highest BCUT2D eigenvalue weighted by atomic mass is 16.5. The molecule has 2 aromatic rings. The maximum absolute atomic E-state index is 9.98. The highest BCUT2D eigenvalue weighted by Crippen LogP contribution is 2.45. The predicted octanol–water partition coefficient (Wildman–Crippen LogP) is 4.07. The van der Waals surface area contributed by atoms with Crippen LogP contribution in [0.15, 0.2) is 48.5 Å². The maximum Gasteiger partial charge on any atom is 0.124 e. The van der Waals surface area contributed by atoms with E-state index in [0.29, 0.717) is 5.75 Å². The van der Waals surface area contributed by atoms with Crippen LogP contribution in [0.25, 0.3) is 0 Å². The van der Waals surface area contributed by atoms with Gasteiger partial charge in [-0.15, -0.1) is 0 Å². The fourth-order valence-electron chi connectivity index (χ4n) is 4.41. The van der Waals surface area contributed by atoms with E-state index in [1.54, 1.807) is 6.07 Å². The van der Waals surface area contributed by atoms with E-state index in [0.717, 1.165) is 50.9 Å². The number of para-hydroxylation sites is 1. The minimum atomic E-state index is -0.0408. The van der Waals surface area contributed by atoms with Gasteiger partial charge in [0.05, 0.1) is 12.1 Å². The van der Waals surface area contributed by atoms with Crippen molar-refractivity contribution in [2.24, 2.45) is 0 Å². The Morgan fingerprint density at radius 3 is 2.56 bits per heavy atom. The van der Waals surface area contributed by atoms with Gasteiger partial charge in [0, 0.05) is 24.0 Å². The summed E-state index contributed by atoms with van der Waals surface area (Å²) in [6.45, 7) is 9.34. The lowest BCUT2D eigenvalue weighted by Crippen LogP contribution is -2.83. The van der Waals surface area contributed by atoms with Gasteiger partial charge < -0.3 is 15.2 Å². The van der Waals surface area contributed by atoms with Crippen molar-refractivity contribution in [2.75, 3.05) is 13.2 Å². The van der Waals surface area contributed by atoms with Crippen molar-refractivity contribution in [3.63, 3.8) is 0 Å². The van der Waals surface area contributed by atoms with Crippen molar-refractivity contribution in [1.82, 2.24) is 0 Å². The van der Waals surface area contributed by atoms with Gasteiger partial charge in [0.15, 0.2) is 0 Å². The Labute approximate surface area is 163 Å². The molecule has 0 bridgehead atoms. The molecule has 146 valence electrons. The van der Waals surface area contributed by atoms with Crippen LogP contribution >= 0.6 is 0 Å². The fourth-order valence-corrected chi connectivity index (χ4v) is 4.41. The molecular weight excluding hydrogens is 334 g/mol. The number of phenolic OH excluding ortho intramolecular Hbond substituents is 1. The zero-order valence-electron chi connectivity index (χ0n) is 17.0. The van der Waals surface area contributed by atoms with Gasteiger partial charge in [-0.3, -0.25) is 0 Å². The monoisotopic (exact) mass is 368 g/mol. The molecule has 2 unspecified atom stereocenters. The largest absolute Gasteiger partial charge is 0.507 e. The first-order valence-electron chi connectivity index (χ1n) is 10.3. The Morgan fingerprint density at radius 2 is 1.85 bits per heavy atom. The van der Waals surface area contributed by atoms with Crippen molar-refractivity contribution in [3.05, 3.63) is 65.2 Å². The molecule has 1 aliphatic heterocycles. The summed E-state index contributed by atoms with van der Waals surface area (Å²) in [7, 11) is 0. The lowest BCUT2D eigenvalue weighted by atomic mass is 9.66. The Morgan fingerprint density at radius 1 is 1.11 bits per heavy atom. The first kappa shape index (κ1) is 19.9. The molecule has 0 radical (unpaired) electrons. The highest BCUT2D eigenvalue weighted by Gasteiger charge is 2.43. The van der Waals surface area contributed by atoms with Gasteiger partial charge in [-0.05, 0) is 50.8 Å². The number of hydrogen-bond acceptors (Lipinski definition) is 2. The summed E-state index contributed by atoms with van der Waals surface area (Å²) >= 11 is 0. The van der Waals surface area contributed by atoms with E-state index in [9.17, 15) is 5.11 Å². The first-order valence-corrected chi connectivity index (χ1v) is 10.3. The summed E-state index contributed by atoms with van der Waals surface area (Å²) in [5.74, 6) is 0.395. The summed E-state index contributed by atoms with van der Waals surface area (Å²) < 4.78 is 6.16. The molecular formula is C24H34NO2+.